The van der Waals surface area contributed by atoms with Crippen molar-refractivity contribution in [3.8, 4) is 0 Å². The Morgan fingerprint density at radius 3 is 2.42 bits per heavy atom. The van der Waals surface area contributed by atoms with Gasteiger partial charge in [0, 0.05) is 17.6 Å². The highest BCUT2D eigenvalue weighted by Crippen LogP contribution is 2.16. The molecule has 4 nitrogen and oxygen atoms in total. The molecule has 1 atom stereocenters. The first-order valence-electron chi connectivity index (χ1n) is 8.47. The van der Waals surface area contributed by atoms with Crippen molar-refractivity contribution in [1.82, 2.24) is 10.2 Å². The number of amides is 2. The zero-order valence-electron chi connectivity index (χ0n) is 14.8. The predicted molar refractivity (Wildman–Crippen MR) is 103 cm³/mol. The predicted octanol–water partition coefficient (Wildman–Crippen LogP) is 3.68. The van der Waals surface area contributed by atoms with Gasteiger partial charge in [-0.2, -0.15) is 0 Å². The van der Waals surface area contributed by atoms with Gasteiger partial charge in [-0.05, 0) is 43.2 Å². The Balaban J connectivity index is 2.23. The van der Waals surface area contributed by atoms with E-state index in [0.29, 0.717) is 12.1 Å². The van der Waals surface area contributed by atoms with Crippen LogP contribution in [0.15, 0.2) is 53.0 Å². The average Bonchev–Trinajstić information content (AvgIpc) is 2.62. The second kappa shape index (κ2) is 9.48. The Hall–Kier alpha value is -2.21. The fourth-order valence-electron chi connectivity index (χ4n) is 2.60. The van der Waals surface area contributed by atoms with Gasteiger partial charge in [0.15, 0.2) is 0 Å². The smallest absolute Gasteiger partial charge is 0.242 e. The summed E-state index contributed by atoms with van der Waals surface area (Å²) in [6, 6.07) is 13.1. The van der Waals surface area contributed by atoms with E-state index in [0.717, 1.165) is 10.0 Å². The molecule has 2 aromatic rings. The van der Waals surface area contributed by atoms with Gasteiger partial charge in [0.25, 0.3) is 0 Å². The second-order valence-electron chi connectivity index (χ2n) is 5.99. The summed E-state index contributed by atoms with van der Waals surface area (Å²) < 4.78 is 14.8. The van der Waals surface area contributed by atoms with Crippen molar-refractivity contribution in [3.63, 3.8) is 0 Å². The summed E-state index contributed by atoms with van der Waals surface area (Å²) in [4.78, 5) is 26.6. The minimum atomic E-state index is -0.655. The summed E-state index contributed by atoms with van der Waals surface area (Å²) >= 11 is 3.38. The van der Waals surface area contributed by atoms with Crippen LogP contribution in [0, 0.1) is 5.82 Å². The lowest BCUT2D eigenvalue weighted by molar-refractivity contribution is -0.140. The topological polar surface area (TPSA) is 49.4 Å². The molecule has 1 unspecified atom stereocenters. The van der Waals surface area contributed by atoms with Crippen LogP contribution in [-0.2, 0) is 22.6 Å². The minimum absolute atomic E-state index is 0.0903. The lowest BCUT2D eigenvalue weighted by Gasteiger charge is -2.29. The molecular weight excluding hydrogens is 399 g/mol. The number of nitrogens with one attached hydrogen (secondary N) is 1. The van der Waals surface area contributed by atoms with Crippen molar-refractivity contribution in [2.45, 2.75) is 32.9 Å². The SMILES string of the molecule is CCNC(=O)C(C)N(Cc1ccc(Br)cc1)C(=O)Cc1ccccc1F. The fraction of sp³-hybridized carbons (Fsp3) is 0.300. The van der Waals surface area contributed by atoms with Crippen LogP contribution in [0.1, 0.15) is 25.0 Å². The Bertz CT molecular complexity index is 765. The maximum atomic E-state index is 13.9. The molecule has 0 saturated heterocycles. The molecule has 0 heterocycles. The van der Waals surface area contributed by atoms with Crippen molar-refractivity contribution in [3.05, 3.63) is 69.9 Å². The maximum Gasteiger partial charge on any atom is 0.242 e. The third-order valence-electron chi connectivity index (χ3n) is 4.08. The number of rotatable bonds is 7. The molecule has 0 radical (unpaired) electrons. The van der Waals surface area contributed by atoms with Gasteiger partial charge < -0.3 is 10.2 Å². The summed E-state index contributed by atoms with van der Waals surface area (Å²) in [5.74, 6) is -0.946. The molecule has 2 aromatic carbocycles. The molecule has 2 rings (SSSR count). The number of likely N-dealkylation sites (N-methyl/N-ethyl adjacent to an activating group) is 1. The van der Waals surface area contributed by atoms with Gasteiger partial charge in [-0.15, -0.1) is 0 Å². The fourth-order valence-corrected chi connectivity index (χ4v) is 2.86. The summed E-state index contributed by atoms with van der Waals surface area (Å²) in [7, 11) is 0. The van der Waals surface area contributed by atoms with Gasteiger partial charge in [0.2, 0.25) is 11.8 Å². The van der Waals surface area contributed by atoms with Gasteiger partial charge in [-0.3, -0.25) is 9.59 Å². The van der Waals surface area contributed by atoms with Gasteiger partial charge in [-0.25, -0.2) is 4.39 Å². The highest BCUT2D eigenvalue weighted by Gasteiger charge is 2.26. The van der Waals surface area contributed by atoms with Gasteiger partial charge in [-0.1, -0.05) is 46.3 Å². The Morgan fingerprint density at radius 1 is 1.15 bits per heavy atom. The minimum Gasteiger partial charge on any atom is -0.355 e. The largest absolute Gasteiger partial charge is 0.355 e. The Kier molecular flexibility index (Phi) is 7.33. The third-order valence-corrected chi connectivity index (χ3v) is 4.61. The second-order valence-corrected chi connectivity index (χ2v) is 6.90. The third kappa shape index (κ3) is 5.39. The van der Waals surface area contributed by atoms with Crippen molar-refractivity contribution < 1.29 is 14.0 Å². The molecule has 0 aromatic heterocycles. The maximum absolute atomic E-state index is 13.9. The molecule has 138 valence electrons. The van der Waals surface area contributed by atoms with Gasteiger partial charge in [0.05, 0.1) is 6.42 Å². The number of halogens is 2. The molecule has 0 aliphatic carbocycles. The number of benzene rings is 2. The summed E-state index contributed by atoms with van der Waals surface area (Å²) in [6.45, 7) is 4.27. The molecule has 6 heteroatoms. The first kappa shape index (κ1) is 20.1. The van der Waals surface area contributed by atoms with E-state index in [2.05, 4.69) is 21.2 Å². The van der Waals surface area contributed by atoms with Crippen molar-refractivity contribution >= 4 is 27.7 Å². The van der Waals surface area contributed by atoms with Crippen LogP contribution in [0.4, 0.5) is 4.39 Å². The van der Waals surface area contributed by atoms with E-state index in [1.807, 2.05) is 31.2 Å². The molecule has 0 saturated carbocycles. The summed E-state index contributed by atoms with van der Waals surface area (Å²) in [5.41, 5.74) is 1.22. The molecule has 0 aliphatic rings. The van der Waals surface area contributed by atoms with Crippen LogP contribution in [0.2, 0.25) is 0 Å². The molecule has 0 bridgehead atoms. The zero-order chi connectivity index (χ0) is 19.1. The van der Waals surface area contributed by atoms with Crippen LogP contribution < -0.4 is 5.32 Å². The van der Waals surface area contributed by atoms with E-state index in [1.54, 1.807) is 25.1 Å². The molecule has 1 N–H and O–H groups in total. The summed E-state index contributed by atoms with van der Waals surface area (Å²) in [5, 5.41) is 2.74. The van der Waals surface area contributed by atoms with Crippen LogP contribution >= 0.6 is 15.9 Å². The molecular formula is C20H22BrFN2O2. The van der Waals surface area contributed by atoms with Crippen LogP contribution in [0.5, 0.6) is 0 Å². The Morgan fingerprint density at radius 2 is 1.81 bits per heavy atom. The molecule has 26 heavy (non-hydrogen) atoms. The van der Waals surface area contributed by atoms with E-state index in [-0.39, 0.29) is 24.8 Å². The molecule has 2 amide bonds. The zero-order valence-corrected chi connectivity index (χ0v) is 16.4. The quantitative estimate of drug-likeness (QED) is 0.742. The lowest BCUT2D eigenvalue weighted by Crippen LogP contribution is -2.48. The van der Waals surface area contributed by atoms with Crippen LogP contribution in [-0.4, -0.2) is 29.3 Å². The van der Waals surface area contributed by atoms with Crippen molar-refractivity contribution in [2.24, 2.45) is 0 Å². The van der Waals surface area contributed by atoms with E-state index in [9.17, 15) is 14.0 Å². The Labute approximate surface area is 161 Å². The molecule has 0 spiro atoms. The van der Waals surface area contributed by atoms with E-state index < -0.39 is 11.9 Å². The number of carbonyl (C=O) groups is 2. The van der Waals surface area contributed by atoms with Gasteiger partial charge >= 0.3 is 0 Å². The number of hydrogen-bond donors (Lipinski definition) is 1. The first-order valence-corrected chi connectivity index (χ1v) is 9.26. The highest BCUT2D eigenvalue weighted by atomic mass is 79.9. The first-order chi connectivity index (χ1) is 12.4. The van der Waals surface area contributed by atoms with Gasteiger partial charge in [0.1, 0.15) is 11.9 Å². The molecule has 0 aliphatic heterocycles. The lowest BCUT2D eigenvalue weighted by atomic mass is 10.1. The number of carbonyl (C=O) groups excluding carboxylic acids is 2. The highest BCUT2D eigenvalue weighted by molar-refractivity contribution is 9.10. The van der Waals surface area contributed by atoms with Crippen LogP contribution in [0.3, 0.4) is 0 Å². The normalized spacial score (nSPS) is 11.7. The van der Waals surface area contributed by atoms with Crippen molar-refractivity contribution in [2.75, 3.05) is 6.54 Å². The average molecular weight is 421 g/mol. The van der Waals surface area contributed by atoms with E-state index in [4.69, 9.17) is 0 Å². The molecule has 0 fully saturated rings. The summed E-state index contributed by atoms with van der Waals surface area (Å²) in [6.07, 6.45) is -0.0903. The van der Waals surface area contributed by atoms with E-state index in [1.165, 1.54) is 11.0 Å². The number of nitrogens with zero attached hydrogens (tertiary/aromatic N) is 1. The van der Waals surface area contributed by atoms with Crippen molar-refractivity contribution in [1.29, 1.82) is 0 Å². The standard InChI is InChI=1S/C20H22BrFN2O2/c1-3-23-20(26)14(2)24(13-15-8-10-17(21)11-9-15)19(25)12-16-6-4-5-7-18(16)22/h4-11,14H,3,12-13H2,1-2H3,(H,23,26). The monoisotopic (exact) mass is 420 g/mol. The number of hydrogen-bond acceptors (Lipinski definition) is 2. The van der Waals surface area contributed by atoms with E-state index >= 15 is 0 Å². The van der Waals surface area contributed by atoms with Crippen LogP contribution in [0.25, 0.3) is 0 Å².